The van der Waals surface area contributed by atoms with E-state index in [-0.39, 0.29) is 0 Å². The molecule has 0 aromatic rings. The zero-order chi connectivity index (χ0) is 12.8. The van der Waals surface area contributed by atoms with Crippen LogP contribution in [0, 0.1) is 11.8 Å². The van der Waals surface area contributed by atoms with Gasteiger partial charge in [0.05, 0.1) is 6.04 Å². The van der Waals surface area contributed by atoms with Gasteiger partial charge < -0.3 is 5.32 Å². The van der Waals surface area contributed by atoms with E-state index in [0.29, 0.717) is 23.9 Å². The Kier molecular flexibility index (Phi) is 5.75. The maximum atomic E-state index is 5.52. The molecule has 1 saturated carbocycles. The van der Waals surface area contributed by atoms with Crippen molar-refractivity contribution in [2.24, 2.45) is 22.7 Å². The summed E-state index contributed by atoms with van der Waals surface area (Å²) in [4.78, 5) is 4.77. The number of guanidine groups is 1. The van der Waals surface area contributed by atoms with Gasteiger partial charge in [0.2, 0.25) is 5.96 Å². The first-order valence-corrected chi connectivity index (χ1v) is 6.85. The SMILES string of the molecule is CC(C)NC(=NC1CCCCC1C(C)C)NN. The topological polar surface area (TPSA) is 62.4 Å². The molecule has 0 heterocycles. The Morgan fingerprint density at radius 2 is 1.82 bits per heavy atom. The maximum absolute atomic E-state index is 5.52. The molecule has 4 heteroatoms. The van der Waals surface area contributed by atoms with E-state index < -0.39 is 0 Å². The number of rotatable bonds is 3. The van der Waals surface area contributed by atoms with Gasteiger partial charge in [-0.1, -0.05) is 26.7 Å². The average Bonchev–Trinajstić information content (AvgIpc) is 2.28. The molecule has 100 valence electrons. The standard InChI is InChI=1S/C13H28N4/c1-9(2)11-7-5-6-8-12(11)16-13(17-14)15-10(3)4/h9-12H,5-8,14H2,1-4H3,(H2,15,16,17). The first-order chi connectivity index (χ1) is 8.04. The Hall–Kier alpha value is -0.770. The Morgan fingerprint density at radius 3 is 2.35 bits per heavy atom. The van der Waals surface area contributed by atoms with Crippen LogP contribution < -0.4 is 16.6 Å². The molecule has 0 aromatic carbocycles. The normalized spacial score (nSPS) is 26.4. The van der Waals surface area contributed by atoms with Crippen LogP contribution >= 0.6 is 0 Å². The van der Waals surface area contributed by atoms with Crippen molar-refractivity contribution in [3.05, 3.63) is 0 Å². The van der Waals surface area contributed by atoms with E-state index in [2.05, 4.69) is 38.4 Å². The summed E-state index contributed by atoms with van der Waals surface area (Å²) in [5, 5.41) is 3.25. The fraction of sp³-hybridized carbons (Fsp3) is 0.923. The van der Waals surface area contributed by atoms with Crippen LogP contribution in [0.1, 0.15) is 53.4 Å². The highest BCUT2D eigenvalue weighted by Crippen LogP contribution is 2.32. The number of aliphatic imine (C=N–C) groups is 1. The second kappa shape index (κ2) is 6.84. The van der Waals surface area contributed by atoms with Crippen LogP contribution in [0.25, 0.3) is 0 Å². The fourth-order valence-electron chi connectivity index (χ4n) is 2.63. The Balaban J connectivity index is 2.69. The van der Waals surface area contributed by atoms with Gasteiger partial charge >= 0.3 is 0 Å². The lowest BCUT2D eigenvalue weighted by molar-refractivity contribution is 0.240. The lowest BCUT2D eigenvalue weighted by Gasteiger charge is -2.32. The molecule has 17 heavy (non-hydrogen) atoms. The van der Waals surface area contributed by atoms with Crippen molar-refractivity contribution >= 4 is 5.96 Å². The van der Waals surface area contributed by atoms with E-state index in [4.69, 9.17) is 10.8 Å². The second-order valence-corrected chi connectivity index (χ2v) is 5.68. The summed E-state index contributed by atoms with van der Waals surface area (Å²) in [7, 11) is 0. The summed E-state index contributed by atoms with van der Waals surface area (Å²) in [5.74, 6) is 7.64. The molecule has 1 rings (SSSR count). The minimum atomic E-state index is 0.353. The molecule has 1 fully saturated rings. The highest BCUT2D eigenvalue weighted by Gasteiger charge is 2.27. The van der Waals surface area contributed by atoms with Crippen LogP contribution in [0.5, 0.6) is 0 Å². The molecule has 2 atom stereocenters. The van der Waals surface area contributed by atoms with Crippen molar-refractivity contribution in [3.63, 3.8) is 0 Å². The van der Waals surface area contributed by atoms with Crippen molar-refractivity contribution in [3.8, 4) is 0 Å². The van der Waals surface area contributed by atoms with Gasteiger partial charge in [0.1, 0.15) is 0 Å². The third kappa shape index (κ3) is 4.54. The van der Waals surface area contributed by atoms with Crippen LogP contribution in [-0.4, -0.2) is 18.0 Å². The molecule has 0 saturated heterocycles. The van der Waals surface area contributed by atoms with Gasteiger partial charge in [0.15, 0.2) is 0 Å². The number of hydrazine groups is 1. The van der Waals surface area contributed by atoms with E-state index in [9.17, 15) is 0 Å². The van der Waals surface area contributed by atoms with Crippen LogP contribution in [0.15, 0.2) is 4.99 Å². The van der Waals surface area contributed by atoms with Crippen LogP contribution in [0.2, 0.25) is 0 Å². The van der Waals surface area contributed by atoms with Crippen molar-refractivity contribution in [1.82, 2.24) is 10.7 Å². The molecule has 4 nitrogen and oxygen atoms in total. The van der Waals surface area contributed by atoms with Gasteiger partial charge in [-0.25, -0.2) is 10.8 Å². The monoisotopic (exact) mass is 240 g/mol. The molecular formula is C13H28N4. The molecule has 0 radical (unpaired) electrons. The van der Waals surface area contributed by atoms with Gasteiger partial charge in [-0.15, -0.1) is 0 Å². The lowest BCUT2D eigenvalue weighted by Crippen LogP contribution is -2.46. The summed E-state index contributed by atoms with van der Waals surface area (Å²) in [6, 6.07) is 0.770. The first-order valence-electron chi connectivity index (χ1n) is 6.85. The first kappa shape index (κ1) is 14.3. The highest BCUT2D eigenvalue weighted by atomic mass is 15.3. The van der Waals surface area contributed by atoms with E-state index >= 15 is 0 Å². The van der Waals surface area contributed by atoms with E-state index in [1.54, 1.807) is 0 Å². The average molecular weight is 240 g/mol. The third-order valence-corrected chi connectivity index (χ3v) is 3.49. The van der Waals surface area contributed by atoms with Crippen LogP contribution in [0.3, 0.4) is 0 Å². The maximum Gasteiger partial charge on any atom is 0.206 e. The minimum Gasteiger partial charge on any atom is -0.353 e. The summed E-state index contributed by atoms with van der Waals surface area (Å²) in [6.45, 7) is 8.77. The Labute approximate surface area is 105 Å². The van der Waals surface area contributed by atoms with Gasteiger partial charge in [0.25, 0.3) is 0 Å². The largest absolute Gasteiger partial charge is 0.353 e. The van der Waals surface area contributed by atoms with Crippen molar-refractivity contribution < 1.29 is 0 Å². The highest BCUT2D eigenvalue weighted by molar-refractivity contribution is 5.79. The van der Waals surface area contributed by atoms with Gasteiger partial charge in [-0.2, -0.15) is 0 Å². The zero-order valence-corrected chi connectivity index (χ0v) is 11.7. The van der Waals surface area contributed by atoms with Crippen molar-refractivity contribution in [1.29, 1.82) is 0 Å². The fourth-order valence-corrected chi connectivity index (χ4v) is 2.63. The quantitative estimate of drug-likeness (QED) is 0.306. The Bertz CT molecular complexity index is 248. The molecule has 0 aromatic heterocycles. The molecule has 4 N–H and O–H groups in total. The molecule has 0 amide bonds. The molecule has 0 spiro atoms. The molecular weight excluding hydrogens is 212 g/mol. The smallest absolute Gasteiger partial charge is 0.206 e. The van der Waals surface area contributed by atoms with Crippen LogP contribution in [0.4, 0.5) is 0 Å². The van der Waals surface area contributed by atoms with E-state index in [0.717, 1.165) is 5.96 Å². The molecule has 0 aliphatic heterocycles. The van der Waals surface area contributed by atoms with Gasteiger partial charge in [-0.3, -0.25) is 5.43 Å². The molecule has 1 aliphatic rings. The molecule has 0 bridgehead atoms. The summed E-state index contributed by atoms with van der Waals surface area (Å²) >= 11 is 0. The number of hydrogen-bond acceptors (Lipinski definition) is 2. The second-order valence-electron chi connectivity index (χ2n) is 5.68. The van der Waals surface area contributed by atoms with Crippen molar-refractivity contribution in [2.45, 2.75) is 65.5 Å². The number of nitrogens with zero attached hydrogens (tertiary/aromatic N) is 1. The summed E-state index contributed by atoms with van der Waals surface area (Å²) in [6.07, 6.45) is 5.12. The number of nitrogens with one attached hydrogen (secondary N) is 2. The zero-order valence-electron chi connectivity index (χ0n) is 11.7. The van der Waals surface area contributed by atoms with E-state index in [1.165, 1.54) is 25.7 Å². The van der Waals surface area contributed by atoms with Gasteiger partial charge in [0, 0.05) is 6.04 Å². The van der Waals surface area contributed by atoms with Crippen LogP contribution in [-0.2, 0) is 0 Å². The molecule has 1 aliphatic carbocycles. The van der Waals surface area contributed by atoms with Crippen molar-refractivity contribution in [2.75, 3.05) is 0 Å². The lowest BCUT2D eigenvalue weighted by atomic mass is 9.78. The predicted octanol–water partition coefficient (Wildman–Crippen LogP) is 2.02. The summed E-state index contributed by atoms with van der Waals surface area (Å²) < 4.78 is 0. The predicted molar refractivity (Wildman–Crippen MR) is 73.6 cm³/mol. The number of hydrogen-bond donors (Lipinski definition) is 3. The summed E-state index contributed by atoms with van der Waals surface area (Å²) in [5.41, 5.74) is 2.68. The number of nitrogens with two attached hydrogens (primary N) is 1. The third-order valence-electron chi connectivity index (χ3n) is 3.49. The van der Waals surface area contributed by atoms with E-state index in [1.807, 2.05) is 0 Å². The minimum absolute atomic E-state index is 0.353. The van der Waals surface area contributed by atoms with Gasteiger partial charge in [-0.05, 0) is 38.5 Å². The Morgan fingerprint density at radius 1 is 1.18 bits per heavy atom. The molecule has 2 unspecified atom stereocenters.